The summed E-state index contributed by atoms with van der Waals surface area (Å²) in [6.07, 6.45) is 0.409. The second-order valence-electron chi connectivity index (χ2n) is 7.56. The Kier molecular flexibility index (Phi) is 6.42. The number of nitrogens with zero attached hydrogens (tertiary/aromatic N) is 1. The van der Waals surface area contributed by atoms with E-state index < -0.39 is 5.97 Å². The number of anilines is 1. The number of carbonyl (C=O) groups excluding carboxylic acids is 2. The Morgan fingerprint density at radius 1 is 1.14 bits per heavy atom. The van der Waals surface area contributed by atoms with Crippen molar-refractivity contribution >= 4 is 17.6 Å². The molecule has 2 aromatic carbocycles. The summed E-state index contributed by atoms with van der Waals surface area (Å²) < 4.78 is 15.8. The third kappa shape index (κ3) is 4.70. The van der Waals surface area contributed by atoms with E-state index in [9.17, 15) is 9.59 Å². The molecule has 1 amide bonds. The lowest BCUT2D eigenvalue weighted by Crippen LogP contribution is -2.24. The highest BCUT2D eigenvalue weighted by atomic mass is 16.5. The van der Waals surface area contributed by atoms with Crippen molar-refractivity contribution in [3.63, 3.8) is 0 Å². The average Bonchev–Trinajstić information content (AvgIpc) is 3.13. The second kappa shape index (κ2) is 8.99. The van der Waals surface area contributed by atoms with Crippen LogP contribution in [0.2, 0.25) is 0 Å². The van der Waals surface area contributed by atoms with Crippen LogP contribution in [0, 0.1) is 5.92 Å². The minimum absolute atomic E-state index is 0.0277. The van der Waals surface area contributed by atoms with Gasteiger partial charge in [0.1, 0.15) is 17.1 Å². The summed E-state index contributed by atoms with van der Waals surface area (Å²) in [5, 5.41) is 0. The highest BCUT2D eigenvalue weighted by Gasteiger charge is 2.32. The number of amides is 1. The van der Waals surface area contributed by atoms with Gasteiger partial charge in [-0.3, -0.25) is 4.79 Å². The van der Waals surface area contributed by atoms with Gasteiger partial charge in [-0.05, 0) is 47.9 Å². The molecule has 1 atom stereocenters. The van der Waals surface area contributed by atoms with E-state index in [1.807, 2.05) is 36.4 Å². The molecule has 154 valence electrons. The minimum atomic E-state index is -0.447. The van der Waals surface area contributed by atoms with Crippen molar-refractivity contribution in [2.75, 3.05) is 32.3 Å². The Morgan fingerprint density at radius 3 is 2.48 bits per heavy atom. The van der Waals surface area contributed by atoms with Gasteiger partial charge < -0.3 is 19.1 Å². The molecule has 0 radical (unpaired) electrons. The van der Waals surface area contributed by atoms with Crippen molar-refractivity contribution in [1.82, 2.24) is 0 Å². The lowest BCUT2D eigenvalue weighted by Gasteiger charge is -2.18. The maximum absolute atomic E-state index is 12.6. The van der Waals surface area contributed by atoms with Gasteiger partial charge in [-0.1, -0.05) is 19.9 Å². The van der Waals surface area contributed by atoms with Gasteiger partial charge >= 0.3 is 5.97 Å². The van der Waals surface area contributed by atoms with Crippen molar-refractivity contribution in [2.24, 2.45) is 5.92 Å². The third-order valence-corrected chi connectivity index (χ3v) is 4.96. The molecular weight excluding hydrogens is 370 g/mol. The van der Waals surface area contributed by atoms with E-state index in [1.165, 1.54) is 14.2 Å². The van der Waals surface area contributed by atoms with E-state index in [2.05, 4.69) is 13.8 Å². The lowest BCUT2D eigenvalue weighted by molar-refractivity contribution is -0.117. The SMILES string of the molecule is COC(=O)c1ccc(C2CC(=O)N(c3ccc(OCC(C)C)cc3)C2)cc1OC. The first-order chi connectivity index (χ1) is 13.9. The molecule has 6 heteroatoms. The van der Waals surface area contributed by atoms with E-state index >= 15 is 0 Å². The molecule has 1 fully saturated rings. The second-order valence-corrected chi connectivity index (χ2v) is 7.56. The van der Waals surface area contributed by atoms with Gasteiger partial charge in [0.2, 0.25) is 5.91 Å². The standard InChI is InChI=1S/C23H27NO5/c1-15(2)14-29-19-8-6-18(7-9-19)24-13-17(12-22(24)25)16-5-10-20(23(26)28-4)21(11-16)27-3/h5-11,15,17H,12-14H2,1-4H3. The van der Waals surface area contributed by atoms with E-state index in [1.54, 1.807) is 11.0 Å². The molecule has 1 aliphatic rings. The quantitative estimate of drug-likeness (QED) is 0.660. The number of benzene rings is 2. The molecule has 3 rings (SSSR count). The number of hydrogen-bond acceptors (Lipinski definition) is 5. The molecule has 1 saturated heterocycles. The Labute approximate surface area is 171 Å². The van der Waals surface area contributed by atoms with E-state index in [0.717, 1.165) is 17.0 Å². The minimum Gasteiger partial charge on any atom is -0.496 e. The zero-order valence-electron chi connectivity index (χ0n) is 17.3. The zero-order valence-corrected chi connectivity index (χ0v) is 17.3. The van der Waals surface area contributed by atoms with Gasteiger partial charge in [0.25, 0.3) is 0 Å². The zero-order chi connectivity index (χ0) is 21.0. The molecule has 0 bridgehead atoms. The fourth-order valence-electron chi connectivity index (χ4n) is 3.41. The topological polar surface area (TPSA) is 65.1 Å². The van der Waals surface area contributed by atoms with Crippen molar-refractivity contribution in [1.29, 1.82) is 0 Å². The van der Waals surface area contributed by atoms with Crippen molar-refractivity contribution in [3.05, 3.63) is 53.6 Å². The van der Waals surface area contributed by atoms with Crippen LogP contribution in [0.3, 0.4) is 0 Å². The molecule has 0 N–H and O–H groups in total. The summed E-state index contributed by atoms with van der Waals surface area (Å²) in [5.41, 5.74) is 2.19. The summed E-state index contributed by atoms with van der Waals surface area (Å²) in [6, 6.07) is 13.0. The molecule has 1 heterocycles. The van der Waals surface area contributed by atoms with E-state index in [4.69, 9.17) is 14.2 Å². The van der Waals surface area contributed by atoms with Crippen LogP contribution < -0.4 is 14.4 Å². The summed E-state index contributed by atoms with van der Waals surface area (Å²) in [4.78, 5) is 26.3. The van der Waals surface area contributed by atoms with Crippen LogP contribution >= 0.6 is 0 Å². The highest BCUT2D eigenvalue weighted by Crippen LogP contribution is 2.35. The maximum Gasteiger partial charge on any atom is 0.341 e. The molecular formula is C23H27NO5. The molecule has 1 aliphatic heterocycles. The summed E-state index contributed by atoms with van der Waals surface area (Å²) in [5.74, 6) is 1.36. The number of rotatable bonds is 7. The Morgan fingerprint density at radius 2 is 1.86 bits per heavy atom. The normalized spacial score (nSPS) is 16.2. The molecule has 1 unspecified atom stereocenters. The third-order valence-electron chi connectivity index (χ3n) is 4.96. The van der Waals surface area contributed by atoms with Gasteiger partial charge in [-0.25, -0.2) is 4.79 Å². The maximum atomic E-state index is 12.6. The smallest absolute Gasteiger partial charge is 0.341 e. The Hall–Kier alpha value is -3.02. The predicted molar refractivity (Wildman–Crippen MR) is 111 cm³/mol. The molecule has 0 spiro atoms. The number of esters is 1. The van der Waals surface area contributed by atoms with Gasteiger partial charge in [-0.2, -0.15) is 0 Å². The van der Waals surface area contributed by atoms with Crippen LogP contribution in [0.25, 0.3) is 0 Å². The Balaban J connectivity index is 1.74. The lowest BCUT2D eigenvalue weighted by atomic mass is 9.96. The van der Waals surface area contributed by atoms with Crippen LogP contribution in [-0.2, 0) is 9.53 Å². The van der Waals surface area contributed by atoms with Gasteiger partial charge in [0.05, 0.1) is 20.8 Å². The predicted octanol–water partition coefficient (Wildman–Crippen LogP) is 4.04. The van der Waals surface area contributed by atoms with Crippen LogP contribution in [0.5, 0.6) is 11.5 Å². The molecule has 2 aromatic rings. The summed E-state index contributed by atoms with van der Waals surface area (Å²) >= 11 is 0. The summed E-state index contributed by atoms with van der Waals surface area (Å²) in [7, 11) is 2.85. The van der Waals surface area contributed by atoms with Crippen LogP contribution in [0.15, 0.2) is 42.5 Å². The fraction of sp³-hybridized carbons (Fsp3) is 0.391. The van der Waals surface area contributed by atoms with Crippen molar-refractivity contribution in [2.45, 2.75) is 26.2 Å². The number of ether oxygens (including phenoxy) is 3. The molecule has 0 aromatic heterocycles. The largest absolute Gasteiger partial charge is 0.496 e. The molecule has 29 heavy (non-hydrogen) atoms. The molecule has 0 saturated carbocycles. The molecule has 6 nitrogen and oxygen atoms in total. The van der Waals surface area contributed by atoms with E-state index in [0.29, 0.717) is 36.8 Å². The number of hydrogen-bond donors (Lipinski definition) is 0. The van der Waals surface area contributed by atoms with Crippen molar-refractivity contribution < 1.29 is 23.8 Å². The average molecular weight is 397 g/mol. The fourth-order valence-corrected chi connectivity index (χ4v) is 3.41. The first-order valence-corrected chi connectivity index (χ1v) is 9.72. The van der Waals surface area contributed by atoms with Gasteiger partial charge in [0.15, 0.2) is 0 Å². The first kappa shape index (κ1) is 20.7. The molecule has 0 aliphatic carbocycles. The van der Waals surface area contributed by atoms with Crippen molar-refractivity contribution in [3.8, 4) is 11.5 Å². The monoisotopic (exact) mass is 397 g/mol. The van der Waals surface area contributed by atoms with Crippen LogP contribution in [0.1, 0.15) is 42.1 Å². The Bertz CT molecular complexity index is 875. The van der Waals surface area contributed by atoms with Crippen LogP contribution in [-0.4, -0.2) is 39.2 Å². The summed E-state index contributed by atoms with van der Waals surface area (Å²) in [6.45, 7) is 5.44. The first-order valence-electron chi connectivity index (χ1n) is 9.72. The number of methoxy groups -OCH3 is 2. The van der Waals surface area contributed by atoms with Crippen LogP contribution in [0.4, 0.5) is 5.69 Å². The van der Waals surface area contributed by atoms with Gasteiger partial charge in [-0.15, -0.1) is 0 Å². The van der Waals surface area contributed by atoms with Gasteiger partial charge in [0, 0.05) is 24.6 Å². The number of carbonyl (C=O) groups is 2. The van der Waals surface area contributed by atoms with E-state index in [-0.39, 0.29) is 11.8 Å². The highest BCUT2D eigenvalue weighted by molar-refractivity contribution is 5.97.